The molecule has 1 aromatic carbocycles. The van der Waals surface area contributed by atoms with Gasteiger partial charge in [0.1, 0.15) is 6.04 Å². The Morgan fingerprint density at radius 3 is 1.60 bits per heavy atom. The van der Waals surface area contributed by atoms with E-state index in [1.807, 2.05) is 24.3 Å². The number of benzene rings is 1. The lowest BCUT2D eigenvalue weighted by molar-refractivity contribution is -0.145. The molecule has 45 heavy (non-hydrogen) atoms. The molecule has 1 fully saturated rings. The number of hydrogen-bond donors (Lipinski definition) is 7. The van der Waals surface area contributed by atoms with Crippen molar-refractivity contribution in [1.29, 1.82) is 0 Å². The summed E-state index contributed by atoms with van der Waals surface area (Å²) in [6.07, 6.45) is -0.0961. The molecule has 0 aliphatic carbocycles. The average Bonchev–Trinajstić information content (AvgIpc) is 2.96. The summed E-state index contributed by atoms with van der Waals surface area (Å²) in [6, 6.07) is 6.19. The van der Waals surface area contributed by atoms with Crippen LogP contribution in [0.4, 0.5) is 5.69 Å². The van der Waals surface area contributed by atoms with Crippen molar-refractivity contribution in [2.45, 2.75) is 25.4 Å². The quantitative estimate of drug-likeness (QED) is 0.119. The number of amides is 1. The minimum absolute atomic E-state index is 0.0181. The highest BCUT2D eigenvalue weighted by atomic mass is 32.1. The Hall–Kier alpha value is -3.90. The Labute approximate surface area is 266 Å². The number of carbonyl (C=O) groups excluding carboxylic acids is 1. The van der Waals surface area contributed by atoms with Gasteiger partial charge in [0, 0.05) is 78.1 Å². The van der Waals surface area contributed by atoms with Gasteiger partial charge in [0.05, 0.1) is 19.6 Å². The molecular weight excluding hydrogens is 610 g/mol. The highest BCUT2D eigenvalue weighted by molar-refractivity contribution is 7.80. The molecule has 1 saturated heterocycles. The Kier molecular flexibility index (Phi) is 16.1. The normalized spacial score (nSPS) is 16.8. The van der Waals surface area contributed by atoms with Crippen LogP contribution in [-0.2, 0) is 30.5 Å². The summed E-state index contributed by atoms with van der Waals surface area (Å²) in [6.45, 7) is 0.826. The number of anilines is 1. The lowest BCUT2D eigenvalue weighted by atomic mass is 10.1. The third kappa shape index (κ3) is 15.1. The topological polar surface area (TPSA) is 215 Å². The molecule has 1 amide bonds. The molecule has 0 saturated carbocycles. The van der Waals surface area contributed by atoms with Crippen LogP contribution >= 0.6 is 12.2 Å². The van der Waals surface area contributed by atoms with Gasteiger partial charge in [-0.25, -0.2) is 0 Å². The van der Waals surface area contributed by atoms with Crippen molar-refractivity contribution in [2.24, 2.45) is 0 Å². The van der Waals surface area contributed by atoms with E-state index in [1.165, 1.54) is 0 Å². The van der Waals surface area contributed by atoms with Gasteiger partial charge in [-0.05, 0) is 36.3 Å². The van der Waals surface area contributed by atoms with Gasteiger partial charge in [0.15, 0.2) is 5.11 Å². The lowest BCUT2D eigenvalue weighted by Crippen LogP contribution is -2.52. The first-order chi connectivity index (χ1) is 21.4. The first kappa shape index (κ1) is 37.3. The SMILES string of the molecule is CNC(=S)Nc1ccc(CNC(=O)CCC(C(=O)O)N2CCN(CC(=O)O)CCN(CC(=O)O)CCN(CC(=O)O)CC2)cc1. The van der Waals surface area contributed by atoms with Crippen molar-refractivity contribution < 1.29 is 44.4 Å². The summed E-state index contributed by atoms with van der Waals surface area (Å²) >= 11 is 5.07. The summed E-state index contributed by atoms with van der Waals surface area (Å²) in [5.41, 5.74) is 1.61. The van der Waals surface area contributed by atoms with Crippen LogP contribution in [0.2, 0.25) is 0 Å². The summed E-state index contributed by atoms with van der Waals surface area (Å²) < 4.78 is 0. The van der Waals surface area contributed by atoms with E-state index in [9.17, 15) is 44.4 Å². The molecule has 17 heteroatoms. The maximum atomic E-state index is 12.7. The van der Waals surface area contributed by atoms with E-state index >= 15 is 0 Å². The maximum Gasteiger partial charge on any atom is 0.320 e. The molecule has 0 radical (unpaired) electrons. The number of thiocarbonyl (C=S) groups is 1. The highest BCUT2D eigenvalue weighted by Crippen LogP contribution is 2.12. The van der Waals surface area contributed by atoms with Gasteiger partial charge in [-0.3, -0.25) is 43.6 Å². The zero-order chi connectivity index (χ0) is 33.4. The Bertz CT molecular complexity index is 1140. The van der Waals surface area contributed by atoms with Crippen LogP contribution in [0.5, 0.6) is 0 Å². The Morgan fingerprint density at radius 2 is 1.20 bits per heavy atom. The number of nitrogens with one attached hydrogen (secondary N) is 3. The summed E-state index contributed by atoms with van der Waals surface area (Å²) in [4.78, 5) is 65.9. The number of hydrogen-bond acceptors (Lipinski definition) is 10. The number of rotatable bonds is 14. The molecule has 1 aliphatic rings. The predicted molar refractivity (Wildman–Crippen MR) is 168 cm³/mol. The van der Waals surface area contributed by atoms with Crippen LogP contribution in [0.1, 0.15) is 18.4 Å². The Morgan fingerprint density at radius 1 is 0.756 bits per heavy atom. The molecule has 1 aliphatic heterocycles. The second kappa shape index (κ2) is 19.5. The molecule has 7 N–H and O–H groups in total. The lowest BCUT2D eigenvalue weighted by Gasteiger charge is -2.35. The van der Waals surface area contributed by atoms with Gasteiger partial charge in [-0.2, -0.15) is 0 Å². The largest absolute Gasteiger partial charge is 0.480 e. The molecule has 16 nitrogen and oxygen atoms in total. The molecule has 1 atom stereocenters. The van der Waals surface area contributed by atoms with Gasteiger partial charge in [0.2, 0.25) is 5.91 Å². The van der Waals surface area contributed by atoms with E-state index in [1.54, 1.807) is 26.6 Å². The molecule has 250 valence electrons. The third-order valence-electron chi connectivity index (χ3n) is 7.25. The first-order valence-electron chi connectivity index (χ1n) is 14.5. The van der Waals surface area contributed by atoms with Gasteiger partial charge < -0.3 is 36.4 Å². The fourth-order valence-electron chi connectivity index (χ4n) is 4.83. The number of carbonyl (C=O) groups is 5. The fraction of sp³-hybridized carbons (Fsp3) is 0.571. The number of aliphatic carboxylic acids is 4. The monoisotopic (exact) mass is 653 g/mol. The zero-order valence-corrected chi connectivity index (χ0v) is 26.1. The van der Waals surface area contributed by atoms with Crippen molar-refractivity contribution in [3.05, 3.63) is 29.8 Å². The predicted octanol–water partition coefficient (Wildman–Crippen LogP) is -1.07. The van der Waals surface area contributed by atoms with Gasteiger partial charge in [0.25, 0.3) is 0 Å². The summed E-state index contributed by atoms with van der Waals surface area (Å²) in [5, 5.41) is 47.3. The van der Waals surface area contributed by atoms with Crippen molar-refractivity contribution in [3.8, 4) is 0 Å². The van der Waals surface area contributed by atoms with Gasteiger partial charge >= 0.3 is 23.9 Å². The van der Waals surface area contributed by atoms with E-state index in [2.05, 4.69) is 16.0 Å². The molecular formula is C28H43N7O9S. The number of nitrogens with zero attached hydrogens (tertiary/aromatic N) is 4. The molecule has 2 rings (SSSR count). The van der Waals surface area contributed by atoms with Crippen molar-refractivity contribution in [2.75, 3.05) is 84.4 Å². The van der Waals surface area contributed by atoms with E-state index in [0.717, 1.165) is 11.3 Å². The second-order valence-corrected chi connectivity index (χ2v) is 11.0. The van der Waals surface area contributed by atoms with Crippen molar-refractivity contribution in [3.63, 3.8) is 0 Å². The van der Waals surface area contributed by atoms with Crippen LogP contribution in [0, 0.1) is 0 Å². The van der Waals surface area contributed by atoms with Crippen molar-refractivity contribution in [1.82, 2.24) is 30.2 Å². The summed E-state index contributed by atoms with van der Waals surface area (Å²) in [7, 11) is 1.70. The van der Waals surface area contributed by atoms with Gasteiger partial charge in [-0.1, -0.05) is 12.1 Å². The Balaban J connectivity index is 2.10. The summed E-state index contributed by atoms with van der Waals surface area (Å²) in [5.74, 6) is -4.71. The van der Waals surface area contributed by atoms with E-state index < -0.39 is 29.9 Å². The molecule has 1 heterocycles. The van der Waals surface area contributed by atoms with Crippen LogP contribution < -0.4 is 16.0 Å². The van der Waals surface area contributed by atoms with Crippen LogP contribution in [0.3, 0.4) is 0 Å². The minimum Gasteiger partial charge on any atom is -0.480 e. The molecule has 0 bridgehead atoms. The zero-order valence-electron chi connectivity index (χ0n) is 25.3. The number of carboxylic acid groups (broad SMARTS) is 4. The first-order valence-corrected chi connectivity index (χ1v) is 14.9. The molecule has 1 unspecified atom stereocenters. The third-order valence-corrected chi connectivity index (χ3v) is 7.55. The van der Waals surface area contributed by atoms with Crippen LogP contribution in [0.25, 0.3) is 0 Å². The molecule has 0 aromatic heterocycles. The van der Waals surface area contributed by atoms with E-state index in [-0.39, 0.29) is 97.3 Å². The smallest absolute Gasteiger partial charge is 0.320 e. The number of carboxylic acids is 4. The van der Waals surface area contributed by atoms with E-state index in [4.69, 9.17) is 12.2 Å². The van der Waals surface area contributed by atoms with E-state index in [0.29, 0.717) is 5.11 Å². The molecule has 0 spiro atoms. The standard InChI is InChI=1S/C28H43N7O9S/c1-29-28(45)31-21-4-2-20(3-5-21)16-30-23(36)7-6-22(27(43)44)35-14-12-33(18-25(39)40)10-8-32(17-24(37)38)9-11-34(13-15-35)19-26(41)42/h2-5,22H,6-19H2,1H3,(H,30,36)(H,37,38)(H,39,40)(H,41,42)(H,43,44)(H2,29,31,45). The van der Waals surface area contributed by atoms with Crippen LogP contribution in [-0.4, -0.2) is 160 Å². The molecule has 1 aromatic rings. The fourth-order valence-corrected chi connectivity index (χ4v) is 4.95. The maximum absolute atomic E-state index is 12.7. The van der Waals surface area contributed by atoms with Gasteiger partial charge in [-0.15, -0.1) is 0 Å². The van der Waals surface area contributed by atoms with Crippen molar-refractivity contribution >= 4 is 52.8 Å². The second-order valence-electron chi connectivity index (χ2n) is 10.6. The van der Waals surface area contributed by atoms with Crippen LogP contribution in [0.15, 0.2) is 24.3 Å². The minimum atomic E-state index is -1.15. The highest BCUT2D eigenvalue weighted by Gasteiger charge is 2.28. The average molecular weight is 654 g/mol.